The van der Waals surface area contributed by atoms with Crippen LogP contribution in [0.3, 0.4) is 0 Å². The summed E-state index contributed by atoms with van der Waals surface area (Å²) in [6, 6.07) is 0. The molecule has 1 unspecified atom stereocenters. The first-order valence-electron chi connectivity index (χ1n) is 7.39. The molecule has 1 atom stereocenters. The Morgan fingerprint density at radius 1 is 1.40 bits per heavy atom. The van der Waals surface area contributed by atoms with Crippen LogP contribution < -0.4 is 0 Å². The smallest absolute Gasteiger partial charge is 0.0844 e. The molecule has 0 bridgehead atoms. The molecular formula is C15H25BrN2OS. The Bertz CT molecular complexity index is 486. The van der Waals surface area contributed by atoms with Crippen LogP contribution in [0, 0.1) is 5.41 Å². The number of rotatable bonds is 4. The molecule has 0 saturated carbocycles. The van der Waals surface area contributed by atoms with Gasteiger partial charge < -0.3 is 5.11 Å². The number of aliphatic hydroxyl groups is 1. The van der Waals surface area contributed by atoms with Crippen LogP contribution in [0.2, 0.25) is 0 Å². The Labute approximate surface area is 134 Å². The van der Waals surface area contributed by atoms with Crippen LogP contribution >= 0.6 is 27.7 Å². The molecule has 1 aliphatic heterocycles. The van der Waals surface area contributed by atoms with E-state index >= 15 is 0 Å². The zero-order valence-corrected chi connectivity index (χ0v) is 15.3. The number of aryl methyl sites for hydroxylation is 2. The van der Waals surface area contributed by atoms with Crippen LogP contribution in [-0.4, -0.2) is 32.0 Å². The minimum atomic E-state index is -0.656. The van der Waals surface area contributed by atoms with Gasteiger partial charge in [0.25, 0.3) is 0 Å². The molecule has 20 heavy (non-hydrogen) atoms. The van der Waals surface area contributed by atoms with Gasteiger partial charge in [0.2, 0.25) is 0 Å². The van der Waals surface area contributed by atoms with Crippen molar-refractivity contribution in [2.45, 2.75) is 59.1 Å². The largest absolute Gasteiger partial charge is 0.388 e. The van der Waals surface area contributed by atoms with Crippen molar-refractivity contribution in [1.82, 2.24) is 9.78 Å². The molecule has 2 rings (SSSR count). The van der Waals surface area contributed by atoms with Gasteiger partial charge in [0.15, 0.2) is 0 Å². The maximum absolute atomic E-state index is 11.2. The highest BCUT2D eigenvalue weighted by atomic mass is 79.9. The quantitative estimate of drug-likeness (QED) is 0.889. The van der Waals surface area contributed by atoms with E-state index in [2.05, 4.69) is 48.7 Å². The van der Waals surface area contributed by atoms with Gasteiger partial charge >= 0.3 is 0 Å². The standard InChI is InChI=1S/C15H25BrN2OS/c1-5-11-13(16)12(18(6-2)17-11)9-15(19)10-20-8-7-14(15,3)4/h19H,5-10H2,1-4H3. The van der Waals surface area contributed by atoms with Crippen molar-refractivity contribution in [3.63, 3.8) is 0 Å². The Morgan fingerprint density at radius 3 is 2.65 bits per heavy atom. The summed E-state index contributed by atoms with van der Waals surface area (Å²) in [7, 11) is 0. The van der Waals surface area contributed by atoms with E-state index in [1.165, 1.54) is 0 Å². The van der Waals surface area contributed by atoms with Crippen molar-refractivity contribution in [3.05, 3.63) is 15.9 Å². The van der Waals surface area contributed by atoms with Crippen molar-refractivity contribution in [2.24, 2.45) is 5.41 Å². The summed E-state index contributed by atoms with van der Waals surface area (Å²) in [6.45, 7) is 9.44. The molecule has 0 radical (unpaired) electrons. The van der Waals surface area contributed by atoms with Gasteiger partial charge in [-0.1, -0.05) is 20.8 Å². The average Bonchev–Trinajstić information content (AvgIpc) is 2.70. The summed E-state index contributed by atoms with van der Waals surface area (Å²) in [5.74, 6) is 1.95. The zero-order valence-electron chi connectivity index (χ0n) is 12.9. The summed E-state index contributed by atoms with van der Waals surface area (Å²) in [4.78, 5) is 0. The van der Waals surface area contributed by atoms with Gasteiger partial charge in [-0.15, -0.1) is 0 Å². The van der Waals surface area contributed by atoms with Crippen LogP contribution in [0.5, 0.6) is 0 Å². The van der Waals surface area contributed by atoms with Crippen LogP contribution in [-0.2, 0) is 19.4 Å². The Kier molecular flexibility index (Phi) is 4.92. The summed E-state index contributed by atoms with van der Waals surface area (Å²) in [5.41, 5.74) is 1.53. The molecule has 1 aromatic rings. The van der Waals surface area contributed by atoms with Gasteiger partial charge in [-0.2, -0.15) is 16.9 Å². The van der Waals surface area contributed by atoms with Gasteiger partial charge in [0.05, 0.1) is 21.5 Å². The maximum Gasteiger partial charge on any atom is 0.0844 e. The number of nitrogens with zero attached hydrogens (tertiary/aromatic N) is 2. The fraction of sp³-hybridized carbons (Fsp3) is 0.800. The monoisotopic (exact) mass is 360 g/mol. The number of halogens is 1. The molecule has 1 aromatic heterocycles. The van der Waals surface area contributed by atoms with E-state index in [0.717, 1.165) is 46.8 Å². The molecule has 1 aliphatic rings. The van der Waals surface area contributed by atoms with Gasteiger partial charge in [-0.05, 0) is 46.9 Å². The Hall–Kier alpha value is -0.000000000000000111. The molecule has 1 fully saturated rings. The third-order valence-corrected chi connectivity index (χ3v) is 6.72. The first-order valence-corrected chi connectivity index (χ1v) is 9.33. The molecule has 0 amide bonds. The lowest BCUT2D eigenvalue weighted by Crippen LogP contribution is -2.51. The first-order chi connectivity index (χ1) is 9.34. The highest BCUT2D eigenvalue weighted by molar-refractivity contribution is 9.10. The molecule has 2 heterocycles. The molecule has 5 heteroatoms. The number of hydrogen-bond donors (Lipinski definition) is 1. The second-order valence-corrected chi connectivity index (χ2v) is 8.17. The third kappa shape index (κ3) is 2.81. The molecular weight excluding hydrogens is 336 g/mol. The average molecular weight is 361 g/mol. The van der Waals surface area contributed by atoms with Crippen LogP contribution in [0.1, 0.15) is 45.5 Å². The summed E-state index contributed by atoms with van der Waals surface area (Å²) < 4.78 is 3.12. The lowest BCUT2D eigenvalue weighted by Gasteiger charge is -2.46. The van der Waals surface area contributed by atoms with Crippen molar-refractivity contribution >= 4 is 27.7 Å². The van der Waals surface area contributed by atoms with Crippen LogP contribution in [0.15, 0.2) is 4.47 Å². The van der Waals surface area contributed by atoms with E-state index in [1.807, 2.05) is 16.4 Å². The molecule has 0 spiro atoms. The van der Waals surface area contributed by atoms with E-state index in [-0.39, 0.29) is 5.41 Å². The molecule has 3 nitrogen and oxygen atoms in total. The van der Waals surface area contributed by atoms with Crippen molar-refractivity contribution in [2.75, 3.05) is 11.5 Å². The fourth-order valence-corrected chi connectivity index (χ4v) is 5.08. The normalized spacial score (nSPS) is 25.9. The fourth-order valence-electron chi connectivity index (χ4n) is 2.75. The predicted molar refractivity (Wildman–Crippen MR) is 89.4 cm³/mol. The molecule has 0 aromatic carbocycles. The van der Waals surface area contributed by atoms with Crippen LogP contribution in [0.25, 0.3) is 0 Å². The van der Waals surface area contributed by atoms with Gasteiger partial charge in [-0.25, -0.2) is 0 Å². The highest BCUT2D eigenvalue weighted by Gasteiger charge is 2.46. The highest BCUT2D eigenvalue weighted by Crippen LogP contribution is 2.45. The summed E-state index contributed by atoms with van der Waals surface area (Å²) in [5, 5.41) is 15.8. The van der Waals surface area contributed by atoms with Crippen molar-refractivity contribution in [1.29, 1.82) is 0 Å². The van der Waals surface area contributed by atoms with Crippen molar-refractivity contribution in [3.8, 4) is 0 Å². The lowest BCUT2D eigenvalue weighted by atomic mass is 9.71. The van der Waals surface area contributed by atoms with Gasteiger partial charge in [0, 0.05) is 18.7 Å². The van der Waals surface area contributed by atoms with E-state index in [4.69, 9.17) is 0 Å². The van der Waals surface area contributed by atoms with E-state index in [9.17, 15) is 5.11 Å². The molecule has 114 valence electrons. The topological polar surface area (TPSA) is 38.0 Å². The molecule has 1 saturated heterocycles. The number of thioether (sulfide) groups is 1. The SMILES string of the molecule is CCc1nn(CC)c(CC2(O)CSCCC2(C)C)c1Br. The van der Waals surface area contributed by atoms with Gasteiger partial charge in [0.1, 0.15) is 0 Å². The summed E-state index contributed by atoms with van der Waals surface area (Å²) in [6.07, 6.45) is 2.65. The first kappa shape index (κ1) is 16.4. The Morgan fingerprint density at radius 2 is 2.10 bits per heavy atom. The number of aromatic nitrogens is 2. The third-order valence-electron chi connectivity index (χ3n) is 4.63. The minimum Gasteiger partial charge on any atom is -0.388 e. The van der Waals surface area contributed by atoms with E-state index in [0.29, 0.717) is 6.42 Å². The van der Waals surface area contributed by atoms with Crippen molar-refractivity contribution < 1.29 is 5.11 Å². The zero-order chi connectivity index (χ0) is 15.0. The molecule has 0 aliphatic carbocycles. The Balaban J connectivity index is 2.35. The number of hydrogen-bond acceptors (Lipinski definition) is 3. The summed E-state index contributed by atoms with van der Waals surface area (Å²) >= 11 is 5.55. The maximum atomic E-state index is 11.2. The van der Waals surface area contributed by atoms with Crippen LogP contribution in [0.4, 0.5) is 0 Å². The lowest BCUT2D eigenvalue weighted by molar-refractivity contribution is -0.0527. The second-order valence-electron chi connectivity index (χ2n) is 6.27. The van der Waals surface area contributed by atoms with Gasteiger partial charge in [-0.3, -0.25) is 4.68 Å². The predicted octanol–water partition coefficient (Wildman–Crippen LogP) is 3.66. The minimum absolute atomic E-state index is 0.0487. The molecule has 1 N–H and O–H groups in total. The second kappa shape index (κ2) is 6.01. The van der Waals surface area contributed by atoms with E-state index in [1.54, 1.807) is 0 Å². The van der Waals surface area contributed by atoms with E-state index < -0.39 is 5.60 Å².